The lowest BCUT2D eigenvalue weighted by Gasteiger charge is -2.28. The van der Waals surface area contributed by atoms with Crippen LogP contribution in [-0.2, 0) is 0 Å². The monoisotopic (exact) mass is 254 g/mol. The third kappa shape index (κ3) is 7.73. The molecule has 0 heterocycles. The lowest BCUT2D eigenvalue weighted by Crippen LogP contribution is -2.33. The molecule has 0 rings (SSSR count). The minimum Gasteiger partial charge on any atom is -0.387 e. The Balaban J connectivity index is 3.90. The molecule has 0 aliphatic heterocycles. The lowest BCUT2D eigenvalue weighted by molar-refractivity contribution is 0.352. The molecule has 0 aromatic heterocycles. The van der Waals surface area contributed by atoms with Crippen LogP contribution in [-0.4, -0.2) is 5.84 Å². The molecular formula is C16H34N2. The number of hydrogen-bond acceptors (Lipinski definition) is 1. The molecule has 0 spiro atoms. The maximum atomic E-state index is 7.82. The standard InChI is InChI=1S/C16H34N2/c1-4-6-8-10-12-14-16(3,15(17)18)13-11-9-7-5-2/h4-14H2,1-3H3,(H3,17,18). The van der Waals surface area contributed by atoms with Crippen molar-refractivity contribution in [1.29, 1.82) is 5.41 Å². The normalized spacial score (nSPS) is 14.4. The Hall–Kier alpha value is -0.530. The molecule has 0 aliphatic rings. The molecule has 0 bridgehead atoms. The van der Waals surface area contributed by atoms with Crippen LogP contribution in [0.4, 0.5) is 0 Å². The van der Waals surface area contributed by atoms with Gasteiger partial charge in [-0.05, 0) is 12.8 Å². The van der Waals surface area contributed by atoms with E-state index < -0.39 is 0 Å². The van der Waals surface area contributed by atoms with Crippen molar-refractivity contribution in [3.05, 3.63) is 0 Å². The van der Waals surface area contributed by atoms with Crippen LogP contribution in [0.5, 0.6) is 0 Å². The van der Waals surface area contributed by atoms with Gasteiger partial charge in [-0.1, -0.05) is 78.6 Å². The summed E-state index contributed by atoms with van der Waals surface area (Å²) < 4.78 is 0. The van der Waals surface area contributed by atoms with E-state index in [0.29, 0.717) is 5.84 Å². The van der Waals surface area contributed by atoms with Crippen molar-refractivity contribution >= 4 is 5.84 Å². The zero-order chi connectivity index (χ0) is 13.9. The number of amidine groups is 1. The molecule has 2 nitrogen and oxygen atoms in total. The molecule has 1 atom stereocenters. The van der Waals surface area contributed by atoms with E-state index >= 15 is 0 Å². The van der Waals surface area contributed by atoms with Crippen LogP contribution in [0.1, 0.15) is 91.4 Å². The molecule has 2 heteroatoms. The third-order valence-corrected chi connectivity index (χ3v) is 4.06. The van der Waals surface area contributed by atoms with E-state index in [1.165, 1.54) is 57.8 Å². The molecule has 0 aromatic carbocycles. The van der Waals surface area contributed by atoms with Crippen LogP contribution in [0.2, 0.25) is 0 Å². The highest BCUT2D eigenvalue weighted by atomic mass is 14.7. The highest BCUT2D eigenvalue weighted by Crippen LogP contribution is 2.31. The summed E-state index contributed by atoms with van der Waals surface area (Å²) in [5.41, 5.74) is 5.77. The van der Waals surface area contributed by atoms with Crippen molar-refractivity contribution in [3.8, 4) is 0 Å². The minimum absolute atomic E-state index is 0.0417. The van der Waals surface area contributed by atoms with Crippen LogP contribution in [0, 0.1) is 10.8 Å². The first-order chi connectivity index (χ1) is 8.56. The smallest absolute Gasteiger partial charge is 0.0965 e. The van der Waals surface area contributed by atoms with Gasteiger partial charge in [0.25, 0.3) is 0 Å². The number of hydrogen-bond donors (Lipinski definition) is 2. The van der Waals surface area contributed by atoms with Crippen LogP contribution >= 0.6 is 0 Å². The second-order valence-corrected chi connectivity index (χ2v) is 5.95. The maximum absolute atomic E-state index is 7.82. The first-order valence-corrected chi connectivity index (χ1v) is 7.91. The van der Waals surface area contributed by atoms with Gasteiger partial charge in [-0.3, -0.25) is 5.41 Å². The van der Waals surface area contributed by atoms with Gasteiger partial charge < -0.3 is 5.73 Å². The van der Waals surface area contributed by atoms with Gasteiger partial charge in [0.2, 0.25) is 0 Å². The van der Waals surface area contributed by atoms with Gasteiger partial charge >= 0.3 is 0 Å². The van der Waals surface area contributed by atoms with Crippen molar-refractivity contribution in [2.24, 2.45) is 11.1 Å². The molecule has 0 saturated carbocycles. The second kappa shape index (κ2) is 10.4. The largest absolute Gasteiger partial charge is 0.387 e. The summed E-state index contributed by atoms with van der Waals surface area (Å²) in [5, 5.41) is 7.82. The van der Waals surface area contributed by atoms with E-state index in [4.69, 9.17) is 11.1 Å². The topological polar surface area (TPSA) is 49.9 Å². The SMILES string of the molecule is CCCCCCCC(C)(CCCCCC)C(=N)N. The summed E-state index contributed by atoms with van der Waals surface area (Å²) in [6.07, 6.45) is 13.8. The highest BCUT2D eigenvalue weighted by molar-refractivity contribution is 5.83. The van der Waals surface area contributed by atoms with Gasteiger partial charge in [-0.2, -0.15) is 0 Å². The molecule has 18 heavy (non-hydrogen) atoms. The molecule has 0 saturated heterocycles. The number of nitrogens with one attached hydrogen (secondary N) is 1. The van der Waals surface area contributed by atoms with E-state index in [2.05, 4.69) is 20.8 Å². The van der Waals surface area contributed by atoms with Crippen LogP contribution in [0.3, 0.4) is 0 Å². The third-order valence-electron chi connectivity index (χ3n) is 4.06. The molecular weight excluding hydrogens is 220 g/mol. The van der Waals surface area contributed by atoms with Crippen molar-refractivity contribution in [3.63, 3.8) is 0 Å². The predicted molar refractivity (Wildman–Crippen MR) is 82.2 cm³/mol. The maximum Gasteiger partial charge on any atom is 0.0965 e. The highest BCUT2D eigenvalue weighted by Gasteiger charge is 2.26. The molecule has 0 aliphatic carbocycles. The Labute approximate surface area is 114 Å². The summed E-state index contributed by atoms with van der Waals surface area (Å²) in [4.78, 5) is 0. The lowest BCUT2D eigenvalue weighted by atomic mass is 9.78. The number of nitrogens with two attached hydrogens (primary N) is 1. The van der Waals surface area contributed by atoms with E-state index in [1.54, 1.807) is 0 Å². The molecule has 3 N–H and O–H groups in total. The average Bonchev–Trinajstić information content (AvgIpc) is 2.34. The first kappa shape index (κ1) is 17.5. The van der Waals surface area contributed by atoms with Gasteiger partial charge in [-0.25, -0.2) is 0 Å². The van der Waals surface area contributed by atoms with Crippen molar-refractivity contribution in [2.45, 2.75) is 91.4 Å². The van der Waals surface area contributed by atoms with E-state index in [1.807, 2.05) is 0 Å². The summed E-state index contributed by atoms with van der Waals surface area (Å²) in [5.74, 6) is 0.398. The van der Waals surface area contributed by atoms with Gasteiger partial charge in [0, 0.05) is 5.41 Å². The van der Waals surface area contributed by atoms with Crippen molar-refractivity contribution < 1.29 is 0 Å². The van der Waals surface area contributed by atoms with Gasteiger partial charge in [0.15, 0.2) is 0 Å². The molecule has 0 fully saturated rings. The Morgan fingerprint density at radius 1 is 0.833 bits per heavy atom. The van der Waals surface area contributed by atoms with Gasteiger partial charge in [0.05, 0.1) is 5.84 Å². The fraction of sp³-hybridized carbons (Fsp3) is 0.938. The van der Waals surface area contributed by atoms with E-state index in [9.17, 15) is 0 Å². The number of rotatable bonds is 12. The Kier molecular flexibility index (Phi) is 10.1. The van der Waals surface area contributed by atoms with Crippen molar-refractivity contribution in [2.75, 3.05) is 0 Å². The van der Waals surface area contributed by atoms with Gasteiger partial charge in [-0.15, -0.1) is 0 Å². The van der Waals surface area contributed by atoms with Crippen LogP contribution in [0.15, 0.2) is 0 Å². The molecule has 108 valence electrons. The molecule has 1 unspecified atom stereocenters. The average molecular weight is 254 g/mol. The van der Waals surface area contributed by atoms with Crippen LogP contribution < -0.4 is 5.73 Å². The summed E-state index contributed by atoms with van der Waals surface area (Å²) in [7, 11) is 0. The summed E-state index contributed by atoms with van der Waals surface area (Å²) in [6, 6.07) is 0. The fourth-order valence-electron chi connectivity index (χ4n) is 2.45. The second-order valence-electron chi connectivity index (χ2n) is 5.95. The predicted octanol–water partition coefficient (Wildman–Crippen LogP) is 5.26. The Bertz CT molecular complexity index is 213. The Morgan fingerprint density at radius 2 is 1.22 bits per heavy atom. The first-order valence-electron chi connectivity index (χ1n) is 7.91. The fourth-order valence-corrected chi connectivity index (χ4v) is 2.45. The molecule has 0 aromatic rings. The molecule has 0 amide bonds. The minimum atomic E-state index is -0.0417. The summed E-state index contributed by atoms with van der Waals surface area (Å²) in [6.45, 7) is 6.66. The summed E-state index contributed by atoms with van der Waals surface area (Å²) >= 11 is 0. The molecule has 0 radical (unpaired) electrons. The number of unbranched alkanes of at least 4 members (excludes halogenated alkanes) is 7. The van der Waals surface area contributed by atoms with Gasteiger partial charge in [0.1, 0.15) is 0 Å². The van der Waals surface area contributed by atoms with E-state index in [0.717, 1.165) is 12.8 Å². The van der Waals surface area contributed by atoms with Crippen LogP contribution in [0.25, 0.3) is 0 Å². The van der Waals surface area contributed by atoms with Crippen molar-refractivity contribution in [1.82, 2.24) is 0 Å². The quantitative estimate of drug-likeness (QED) is 0.278. The zero-order valence-electron chi connectivity index (χ0n) is 12.9. The Morgan fingerprint density at radius 3 is 1.61 bits per heavy atom. The van der Waals surface area contributed by atoms with E-state index in [-0.39, 0.29) is 5.41 Å². The zero-order valence-corrected chi connectivity index (χ0v) is 12.9.